The van der Waals surface area contributed by atoms with Crippen molar-refractivity contribution < 1.29 is 0 Å². The molecular weight excluding hydrogens is 412 g/mol. The summed E-state index contributed by atoms with van der Waals surface area (Å²) < 4.78 is 1.92. The molecule has 1 aromatic heterocycles. The Hall–Kier alpha value is -3.44. The molecule has 2 N–H and O–H groups in total. The van der Waals surface area contributed by atoms with Crippen LogP contribution < -0.4 is 10.6 Å². The molecule has 0 bridgehead atoms. The molecule has 1 heterocycles. The standard InChI is InChI=1S/C27H28N4S/c1-3-20(2)21-14-16-24(17-15-21)29-27(32)28-18-23-19-31(25-12-8-5-9-13-25)30-26(23)22-10-6-4-7-11-22/h4-17,19-20H,3,18H2,1-2H3,(H2,28,29,32). The lowest BCUT2D eigenvalue weighted by molar-refractivity contribution is 0.734. The van der Waals surface area contributed by atoms with Gasteiger partial charge in [-0.15, -0.1) is 0 Å². The first kappa shape index (κ1) is 21.8. The second-order valence-corrected chi connectivity index (χ2v) is 8.30. The van der Waals surface area contributed by atoms with Crippen molar-refractivity contribution >= 4 is 23.0 Å². The Kier molecular flexibility index (Phi) is 6.97. The molecule has 0 spiro atoms. The van der Waals surface area contributed by atoms with E-state index in [1.54, 1.807) is 0 Å². The molecule has 1 unspecified atom stereocenters. The molecule has 0 saturated carbocycles. The molecule has 32 heavy (non-hydrogen) atoms. The molecule has 4 rings (SSSR count). The quantitative estimate of drug-likeness (QED) is 0.320. The summed E-state index contributed by atoms with van der Waals surface area (Å²) in [7, 11) is 0. The van der Waals surface area contributed by atoms with Crippen LogP contribution in [0.15, 0.2) is 91.1 Å². The third-order valence-corrected chi connectivity index (χ3v) is 5.89. The molecule has 0 aliphatic rings. The number of benzene rings is 3. The molecule has 4 nitrogen and oxygen atoms in total. The number of hydrogen-bond acceptors (Lipinski definition) is 2. The maximum Gasteiger partial charge on any atom is 0.171 e. The zero-order valence-electron chi connectivity index (χ0n) is 18.5. The summed E-state index contributed by atoms with van der Waals surface area (Å²) >= 11 is 5.55. The highest BCUT2D eigenvalue weighted by Gasteiger charge is 2.13. The van der Waals surface area contributed by atoms with Crippen LogP contribution in [0.3, 0.4) is 0 Å². The van der Waals surface area contributed by atoms with Crippen molar-refractivity contribution in [3.63, 3.8) is 0 Å². The van der Waals surface area contributed by atoms with Gasteiger partial charge in [0.05, 0.1) is 11.4 Å². The summed E-state index contributed by atoms with van der Waals surface area (Å²) in [6.45, 7) is 5.03. The van der Waals surface area contributed by atoms with Crippen LogP contribution in [-0.4, -0.2) is 14.9 Å². The van der Waals surface area contributed by atoms with Gasteiger partial charge in [-0.3, -0.25) is 0 Å². The fourth-order valence-electron chi connectivity index (χ4n) is 3.57. The van der Waals surface area contributed by atoms with Gasteiger partial charge in [-0.25, -0.2) is 4.68 Å². The third-order valence-electron chi connectivity index (χ3n) is 5.65. The van der Waals surface area contributed by atoms with E-state index in [1.807, 2.05) is 53.2 Å². The van der Waals surface area contributed by atoms with Crippen LogP contribution in [0.5, 0.6) is 0 Å². The minimum atomic E-state index is 0.562. The number of hydrogen-bond donors (Lipinski definition) is 2. The van der Waals surface area contributed by atoms with Crippen molar-refractivity contribution in [1.29, 1.82) is 0 Å². The van der Waals surface area contributed by atoms with Gasteiger partial charge >= 0.3 is 0 Å². The van der Waals surface area contributed by atoms with Crippen molar-refractivity contribution in [2.75, 3.05) is 5.32 Å². The lowest BCUT2D eigenvalue weighted by Gasteiger charge is -2.13. The van der Waals surface area contributed by atoms with Crippen LogP contribution in [0.2, 0.25) is 0 Å². The molecular formula is C27H28N4S. The molecule has 0 saturated heterocycles. The number of rotatable bonds is 7. The van der Waals surface area contributed by atoms with Gasteiger partial charge in [0, 0.05) is 29.6 Å². The Balaban J connectivity index is 1.48. The van der Waals surface area contributed by atoms with Gasteiger partial charge in [-0.2, -0.15) is 5.10 Å². The normalized spacial score (nSPS) is 11.7. The van der Waals surface area contributed by atoms with Gasteiger partial charge in [-0.1, -0.05) is 74.5 Å². The first-order chi connectivity index (χ1) is 15.6. The molecule has 3 aromatic carbocycles. The molecule has 0 radical (unpaired) electrons. The second kappa shape index (κ2) is 10.2. The first-order valence-electron chi connectivity index (χ1n) is 11.0. The highest BCUT2D eigenvalue weighted by molar-refractivity contribution is 7.80. The van der Waals surface area contributed by atoms with E-state index >= 15 is 0 Å². The van der Waals surface area contributed by atoms with Gasteiger partial charge in [0.1, 0.15) is 0 Å². The molecule has 162 valence electrons. The van der Waals surface area contributed by atoms with Crippen LogP contribution in [0, 0.1) is 0 Å². The Morgan fingerprint density at radius 1 is 0.938 bits per heavy atom. The number of nitrogens with one attached hydrogen (secondary N) is 2. The van der Waals surface area contributed by atoms with Gasteiger partial charge in [0.25, 0.3) is 0 Å². The van der Waals surface area contributed by atoms with Gasteiger partial charge < -0.3 is 10.6 Å². The molecule has 0 aliphatic carbocycles. The average molecular weight is 441 g/mol. The number of para-hydroxylation sites is 1. The number of anilines is 1. The lowest BCUT2D eigenvalue weighted by atomic mass is 9.99. The highest BCUT2D eigenvalue weighted by Crippen LogP contribution is 2.24. The van der Waals surface area contributed by atoms with Crippen molar-refractivity contribution in [3.8, 4) is 16.9 Å². The van der Waals surface area contributed by atoms with Crippen molar-refractivity contribution in [1.82, 2.24) is 15.1 Å². The first-order valence-corrected chi connectivity index (χ1v) is 11.4. The van der Waals surface area contributed by atoms with E-state index in [9.17, 15) is 0 Å². The van der Waals surface area contributed by atoms with Gasteiger partial charge in [0.2, 0.25) is 0 Å². The van der Waals surface area contributed by atoms with Crippen LogP contribution >= 0.6 is 12.2 Å². The predicted molar refractivity (Wildman–Crippen MR) is 137 cm³/mol. The minimum Gasteiger partial charge on any atom is -0.358 e. The molecule has 0 amide bonds. The fraction of sp³-hybridized carbons (Fsp3) is 0.185. The molecule has 1 atom stereocenters. The van der Waals surface area contributed by atoms with Crippen LogP contribution in [-0.2, 0) is 6.54 Å². The van der Waals surface area contributed by atoms with Crippen molar-refractivity contribution in [2.45, 2.75) is 32.7 Å². The Morgan fingerprint density at radius 2 is 1.59 bits per heavy atom. The van der Waals surface area contributed by atoms with Crippen molar-refractivity contribution in [3.05, 3.63) is 102 Å². The van der Waals surface area contributed by atoms with E-state index in [1.165, 1.54) is 5.56 Å². The average Bonchev–Trinajstić information content (AvgIpc) is 3.28. The Bertz CT molecular complexity index is 1150. The maximum absolute atomic E-state index is 5.55. The highest BCUT2D eigenvalue weighted by atomic mass is 32.1. The van der Waals surface area contributed by atoms with Crippen molar-refractivity contribution in [2.24, 2.45) is 0 Å². The van der Waals surface area contributed by atoms with Gasteiger partial charge in [0.15, 0.2) is 5.11 Å². The van der Waals surface area contributed by atoms with E-state index in [2.05, 4.69) is 67.1 Å². The van der Waals surface area contributed by atoms with E-state index in [4.69, 9.17) is 17.3 Å². The zero-order chi connectivity index (χ0) is 22.3. The van der Waals surface area contributed by atoms with E-state index in [0.29, 0.717) is 17.6 Å². The molecule has 4 aromatic rings. The smallest absolute Gasteiger partial charge is 0.171 e. The molecule has 0 fully saturated rings. The summed E-state index contributed by atoms with van der Waals surface area (Å²) in [5.74, 6) is 0.562. The van der Waals surface area contributed by atoms with Crippen LogP contribution in [0.1, 0.15) is 37.3 Å². The van der Waals surface area contributed by atoms with E-state index < -0.39 is 0 Å². The topological polar surface area (TPSA) is 41.9 Å². The largest absolute Gasteiger partial charge is 0.358 e. The fourth-order valence-corrected chi connectivity index (χ4v) is 3.76. The number of nitrogens with zero attached hydrogens (tertiary/aromatic N) is 2. The lowest BCUT2D eigenvalue weighted by Crippen LogP contribution is -2.27. The second-order valence-electron chi connectivity index (χ2n) is 7.89. The van der Waals surface area contributed by atoms with E-state index in [-0.39, 0.29) is 0 Å². The van der Waals surface area contributed by atoms with Crippen LogP contribution in [0.25, 0.3) is 16.9 Å². The molecule has 5 heteroatoms. The minimum absolute atomic E-state index is 0.562. The number of thiocarbonyl (C=S) groups is 1. The summed E-state index contributed by atoms with van der Waals surface area (Å²) in [6.07, 6.45) is 3.20. The summed E-state index contributed by atoms with van der Waals surface area (Å²) in [6, 6.07) is 28.9. The predicted octanol–water partition coefficient (Wildman–Crippen LogP) is 6.54. The third kappa shape index (κ3) is 5.24. The van der Waals surface area contributed by atoms with E-state index in [0.717, 1.165) is 34.6 Å². The summed E-state index contributed by atoms with van der Waals surface area (Å²) in [5, 5.41) is 12.1. The van der Waals surface area contributed by atoms with Gasteiger partial charge in [-0.05, 0) is 54.4 Å². The SMILES string of the molecule is CCC(C)c1ccc(NC(=S)NCc2cn(-c3ccccc3)nc2-c2ccccc2)cc1. The molecule has 0 aliphatic heterocycles. The van der Waals surface area contributed by atoms with Crippen LogP contribution in [0.4, 0.5) is 5.69 Å². The maximum atomic E-state index is 5.55. The Morgan fingerprint density at radius 3 is 2.25 bits per heavy atom. The zero-order valence-corrected chi connectivity index (χ0v) is 19.3. The number of aromatic nitrogens is 2. The summed E-state index contributed by atoms with van der Waals surface area (Å²) in [5.41, 5.74) is 6.46. The summed E-state index contributed by atoms with van der Waals surface area (Å²) in [4.78, 5) is 0. The Labute approximate surface area is 195 Å². The monoisotopic (exact) mass is 440 g/mol.